The van der Waals surface area contributed by atoms with E-state index in [4.69, 9.17) is 0 Å². The van der Waals surface area contributed by atoms with Crippen molar-refractivity contribution in [3.05, 3.63) is 52.2 Å². The number of pyridine rings is 1. The van der Waals surface area contributed by atoms with Crippen LogP contribution in [0.3, 0.4) is 0 Å². The number of aryl methyl sites for hydroxylation is 1. The van der Waals surface area contributed by atoms with Gasteiger partial charge in [-0.05, 0) is 43.6 Å². The van der Waals surface area contributed by atoms with Gasteiger partial charge in [0.2, 0.25) is 5.56 Å². The zero-order valence-corrected chi connectivity index (χ0v) is 16.0. The highest BCUT2D eigenvalue weighted by atomic mass is 16.1. The lowest BCUT2D eigenvalue weighted by Crippen LogP contribution is -2.33. The largest absolute Gasteiger partial charge is 0.361 e. The zero-order chi connectivity index (χ0) is 19.0. The highest BCUT2D eigenvalue weighted by Gasteiger charge is 2.25. The summed E-state index contributed by atoms with van der Waals surface area (Å²) in [4.78, 5) is 16.0. The first-order chi connectivity index (χ1) is 13.0. The predicted octanol–water partition coefficient (Wildman–Crippen LogP) is 1.27. The Hall–Kier alpha value is -2.74. The third-order valence-electron chi connectivity index (χ3n) is 5.24. The molecule has 0 unspecified atom stereocenters. The summed E-state index contributed by atoms with van der Waals surface area (Å²) in [6, 6.07) is 7.49. The molecule has 1 saturated heterocycles. The summed E-state index contributed by atoms with van der Waals surface area (Å²) in [7, 11) is 5.76. The minimum absolute atomic E-state index is 0.0285. The van der Waals surface area contributed by atoms with Gasteiger partial charge in [-0.2, -0.15) is 4.52 Å². The topological polar surface area (TPSA) is 71.6 Å². The van der Waals surface area contributed by atoms with E-state index in [9.17, 15) is 4.79 Å². The first kappa shape index (κ1) is 17.7. The average molecular weight is 367 g/mol. The van der Waals surface area contributed by atoms with Crippen molar-refractivity contribution in [2.45, 2.75) is 25.3 Å². The Morgan fingerprint density at radius 3 is 2.59 bits per heavy atom. The Balaban J connectivity index is 1.46. The van der Waals surface area contributed by atoms with E-state index in [1.807, 2.05) is 47.9 Å². The molecule has 4 heterocycles. The quantitative estimate of drug-likeness (QED) is 0.692. The molecule has 0 atom stereocenters. The first-order valence-corrected chi connectivity index (χ1v) is 9.29. The van der Waals surface area contributed by atoms with Crippen LogP contribution >= 0.6 is 0 Å². The van der Waals surface area contributed by atoms with Gasteiger partial charge in [0.25, 0.3) is 0 Å². The normalized spacial score (nSPS) is 16.1. The van der Waals surface area contributed by atoms with Gasteiger partial charge in [0.15, 0.2) is 11.5 Å². The van der Waals surface area contributed by atoms with Crippen molar-refractivity contribution in [2.24, 2.45) is 7.05 Å². The van der Waals surface area contributed by atoms with Crippen molar-refractivity contribution >= 4 is 11.5 Å². The van der Waals surface area contributed by atoms with Gasteiger partial charge in [0, 0.05) is 45.9 Å². The molecule has 1 aliphatic heterocycles. The lowest BCUT2D eigenvalue weighted by atomic mass is 9.96. The molecule has 0 amide bonds. The Kier molecular flexibility index (Phi) is 4.65. The Bertz CT molecular complexity index is 999. The van der Waals surface area contributed by atoms with Crippen LogP contribution in [0, 0.1) is 0 Å². The van der Waals surface area contributed by atoms with Crippen LogP contribution in [0.25, 0.3) is 5.65 Å². The molecule has 4 rings (SSSR count). The second-order valence-electron chi connectivity index (χ2n) is 7.45. The van der Waals surface area contributed by atoms with E-state index in [0.717, 1.165) is 49.8 Å². The summed E-state index contributed by atoms with van der Waals surface area (Å²) in [6.07, 6.45) is 3.98. The van der Waals surface area contributed by atoms with Crippen LogP contribution in [-0.2, 0) is 13.6 Å². The number of anilines is 1. The predicted molar refractivity (Wildman–Crippen MR) is 104 cm³/mol. The summed E-state index contributed by atoms with van der Waals surface area (Å²) in [6.45, 7) is 2.86. The highest BCUT2D eigenvalue weighted by molar-refractivity contribution is 5.45. The molecule has 3 aromatic heterocycles. The number of hydrogen-bond donors (Lipinski definition) is 0. The van der Waals surface area contributed by atoms with Crippen LogP contribution in [0.5, 0.6) is 0 Å². The van der Waals surface area contributed by atoms with Gasteiger partial charge in [-0.25, -0.2) is 0 Å². The van der Waals surface area contributed by atoms with E-state index in [1.54, 1.807) is 17.7 Å². The summed E-state index contributed by atoms with van der Waals surface area (Å²) < 4.78 is 3.53. The molecule has 8 nitrogen and oxygen atoms in total. The van der Waals surface area contributed by atoms with Crippen molar-refractivity contribution in [1.29, 1.82) is 0 Å². The van der Waals surface area contributed by atoms with Gasteiger partial charge >= 0.3 is 0 Å². The van der Waals surface area contributed by atoms with Crippen molar-refractivity contribution < 1.29 is 0 Å². The van der Waals surface area contributed by atoms with Crippen molar-refractivity contribution in [1.82, 2.24) is 29.3 Å². The number of hydrogen-bond acceptors (Lipinski definition) is 6. The number of fused-ring (bicyclic) bond motifs is 1. The maximum absolute atomic E-state index is 11.5. The SMILES string of the molecule is CN(C)c1ccc2nnc(C3CCN(Cc4ccc(=O)n(C)c4)CC3)n2n1. The van der Waals surface area contributed by atoms with Gasteiger partial charge in [0.05, 0.1) is 0 Å². The molecule has 0 aromatic carbocycles. The van der Waals surface area contributed by atoms with Gasteiger partial charge in [-0.15, -0.1) is 15.3 Å². The van der Waals surface area contributed by atoms with E-state index < -0.39 is 0 Å². The molecule has 3 aromatic rings. The number of rotatable bonds is 4. The lowest BCUT2D eigenvalue weighted by molar-refractivity contribution is 0.200. The molecular formula is C19H25N7O. The number of nitrogens with zero attached hydrogens (tertiary/aromatic N) is 7. The van der Waals surface area contributed by atoms with E-state index in [0.29, 0.717) is 5.92 Å². The molecule has 27 heavy (non-hydrogen) atoms. The Morgan fingerprint density at radius 1 is 1.11 bits per heavy atom. The number of aromatic nitrogens is 5. The molecule has 0 saturated carbocycles. The molecule has 1 fully saturated rings. The second-order valence-corrected chi connectivity index (χ2v) is 7.45. The van der Waals surface area contributed by atoms with Gasteiger partial charge in [-0.1, -0.05) is 6.07 Å². The lowest BCUT2D eigenvalue weighted by Gasteiger charge is -2.31. The molecule has 0 spiro atoms. The fraction of sp³-hybridized carbons (Fsp3) is 0.474. The second kappa shape index (κ2) is 7.11. The van der Waals surface area contributed by atoms with E-state index in [2.05, 4.69) is 20.2 Å². The van der Waals surface area contributed by atoms with Crippen LogP contribution in [0.4, 0.5) is 5.82 Å². The molecule has 0 N–H and O–H groups in total. The molecule has 0 radical (unpaired) electrons. The van der Waals surface area contributed by atoms with Crippen LogP contribution in [0.2, 0.25) is 0 Å². The van der Waals surface area contributed by atoms with Gasteiger partial charge in [0.1, 0.15) is 5.82 Å². The average Bonchev–Trinajstić information content (AvgIpc) is 3.08. The Morgan fingerprint density at radius 2 is 1.89 bits per heavy atom. The van der Waals surface area contributed by atoms with Crippen LogP contribution in [0.15, 0.2) is 35.3 Å². The molecule has 142 valence electrons. The van der Waals surface area contributed by atoms with Crippen molar-refractivity contribution in [2.75, 3.05) is 32.1 Å². The molecular weight excluding hydrogens is 342 g/mol. The van der Waals surface area contributed by atoms with Gasteiger partial charge < -0.3 is 9.47 Å². The monoisotopic (exact) mass is 367 g/mol. The fourth-order valence-corrected chi connectivity index (χ4v) is 3.64. The fourth-order valence-electron chi connectivity index (χ4n) is 3.64. The number of likely N-dealkylation sites (tertiary alicyclic amines) is 1. The third-order valence-corrected chi connectivity index (χ3v) is 5.24. The maximum atomic E-state index is 11.5. The smallest absolute Gasteiger partial charge is 0.250 e. The molecule has 0 aliphatic carbocycles. The van der Waals surface area contributed by atoms with Gasteiger partial charge in [-0.3, -0.25) is 9.69 Å². The number of piperidine rings is 1. The van der Waals surface area contributed by atoms with E-state index >= 15 is 0 Å². The molecule has 8 heteroatoms. The minimum atomic E-state index is 0.0285. The van der Waals surface area contributed by atoms with Crippen LogP contribution in [-0.4, -0.2) is 56.5 Å². The van der Waals surface area contributed by atoms with E-state index in [-0.39, 0.29) is 5.56 Å². The third kappa shape index (κ3) is 3.57. The van der Waals surface area contributed by atoms with E-state index in [1.165, 1.54) is 5.56 Å². The van der Waals surface area contributed by atoms with Crippen molar-refractivity contribution in [3.8, 4) is 0 Å². The Labute approximate surface area is 158 Å². The summed E-state index contributed by atoms with van der Waals surface area (Å²) in [5, 5.41) is 13.4. The maximum Gasteiger partial charge on any atom is 0.250 e. The summed E-state index contributed by atoms with van der Waals surface area (Å²) in [5.41, 5.74) is 1.99. The van der Waals surface area contributed by atoms with Crippen molar-refractivity contribution in [3.63, 3.8) is 0 Å². The van der Waals surface area contributed by atoms with Crippen LogP contribution in [0.1, 0.15) is 30.1 Å². The van der Waals surface area contributed by atoms with Crippen LogP contribution < -0.4 is 10.5 Å². The minimum Gasteiger partial charge on any atom is -0.361 e. The standard InChI is InChI=1S/C19H25N7O/c1-23(2)17-6-5-16-20-21-19(26(16)22-17)15-8-10-25(11-9-15)13-14-4-7-18(27)24(3)12-14/h4-7,12,15H,8-11,13H2,1-3H3. The molecule has 0 bridgehead atoms. The zero-order valence-electron chi connectivity index (χ0n) is 16.0. The molecule has 1 aliphatic rings. The summed E-state index contributed by atoms with van der Waals surface area (Å²) in [5.74, 6) is 2.22. The summed E-state index contributed by atoms with van der Waals surface area (Å²) >= 11 is 0. The highest BCUT2D eigenvalue weighted by Crippen LogP contribution is 2.27. The first-order valence-electron chi connectivity index (χ1n) is 9.29.